The van der Waals surface area contributed by atoms with Crippen molar-refractivity contribution in [2.45, 2.75) is 12.5 Å². The molecule has 1 atom stereocenters. The number of carboxylic acids is 2. The number of aliphatic hydroxyl groups excluding tert-OH is 2. The molecule has 0 aromatic carbocycles. The van der Waals surface area contributed by atoms with Crippen LogP contribution in [-0.2, 0) is 9.59 Å². The van der Waals surface area contributed by atoms with Gasteiger partial charge in [0.1, 0.15) is 0 Å². The maximum atomic E-state index is 10.4. The predicted molar refractivity (Wildman–Crippen MR) is 41.1 cm³/mol. The first-order valence-electron chi connectivity index (χ1n) is 3.45. The first-order valence-corrected chi connectivity index (χ1v) is 3.45. The fraction of sp³-hybridized carbons (Fsp3) is 0.429. The van der Waals surface area contributed by atoms with E-state index in [1.165, 1.54) is 0 Å². The fourth-order valence-electron chi connectivity index (χ4n) is 0.711. The Kier molecular flexibility index (Phi) is 4.71. The van der Waals surface area contributed by atoms with E-state index in [1.54, 1.807) is 0 Å². The minimum atomic E-state index is -1.51. The highest BCUT2D eigenvalue weighted by molar-refractivity contribution is 5.95. The molecule has 0 aliphatic heterocycles. The van der Waals surface area contributed by atoms with Crippen LogP contribution >= 0.6 is 0 Å². The Morgan fingerprint density at radius 2 is 1.85 bits per heavy atom. The second-order valence-electron chi connectivity index (χ2n) is 2.27. The fourth-order valence-corrected chi connectivity index (χ4v) is 0.711. The molecule has 0 spiro atoms. The van der Waals surface area contributed by atoms with Crippen molar-refractivity contribution < 1.29 is 30.0 Å². The summed E-state index contributed by atoms with van der Waals surface area (Å²) in [6.45, 7) is -0.411. The van der Waals surface area contributed by atoms with Crippen LogP contribution in [0.25, 0.3) is 0 Å². The van der Waals surface area contributed by atoms with Gasteiger partial charge in [-0.15, -0.1) is 0 Å². The van der Waals surface area contributed by atoms with Gasteiger partial charge in [0.15, 0.2) is 0 Å². The van der Waals surface area contributed by atoms with Gasteiger partial charge in [-0.25, -0.2) is 9.59 Å². The van der Waals surface area contributed by atoms with Crippen LogP contribution in [0.15, 0.2) is 11.6 Å². The average molecular weight is 190 g/mol. The second kappa shape index (κ2) is 5.28. The lowest BCUT2D eigenvalue weighted by molar-refractivity contribution is -0.136. The van der Waals surface area contributed by atoms with Gasteiger partial charge in [0.05, 0.1) is 11.7 Å². The molecule has 0 aromatic heterocycles. The van der Waals surface area contributed by atoms with Crippen LogP contribution in [0.1, 0.15) is 6.42 Å². The molecule has 0 bridgehead atoms. The van der Waals surface area contributed by atoms with Crippen LogP contribution in [0.2, 0.25) is 0 Å². The molecule has 0 saturated heterocycles. The number of aliphatic carboxylic acids is 2. The second-order valence-corrected chi connectivity index (χ2v) is 2.27. The van der Waals surface area contributed by atoms with Gasteiger partial charge in [-0.1, -0.05) is 0 Å². The van der Waals surface area contributed by atoms with E-state index in [9.17, 15) is 9.59 Å². The normalized spacial score (nSPS) is 13.8. The lowest BCUT2D eigenvalue weighted by Crippen LogP contribution is -2.20. The van der Waals surface area contributed by atoms with E-state index in [2.05, 4.69) is 0 Å². The summed E-state index contributed by atoms with van der Waals surface area (Å²) >= 11 is 0. The van der Waals surface area contributed by atoms with E-state index in [0.717, 1.165) is 0 Å². The maximum Gasteiger partial charge on any atom is 0.334 e. The zero-order valence-corrected chi connectivity index (χ0v) is 6.67. The van der Waals surface area contributed by atoms with E-state index in [4.69, 9.17) is 20.4 Å². The molecule has 74 valence electrons. The van der Waals surface area contributed by atoms with Crippen molar-refractivity contribution in [2.24, 2.45) is 0 Å². The summed E-state index contributed by atoms with van der Waals surface area (Å²) in [4.78, 5) is 20.5. The molecule has 0 aliphatic carbocycles. The molecule has 0 saturated carbocycles. The van der Waals surface area contributed by atoms with E-state index in [0.29, 0.717) is 6.08 Å². The molecule has 4 N–H and O–H groups in total. The SMILES string of the molecule is O=C(O)/C=C(/C(=O)O)C(O)CCO. The van der Waals surface area contributed by atoms with Crippen LogP contribution in [0.5, 0.6) is 0 Å². The van der Waals surface area contributed by atoms with E-state index in [-0.39, 0.29) is 6.42 Å². The highest BCUT2D eigenvalue weighted by atomic mass is 16.4. The Labute approximate surface area is 73.7 Å². The summed E-state index contributed by atoms with van der Waals surface area (Å²) in [7, 11) is 0. The van der Waals surface area contributed by atoms with Crippen molar-refractivity contribution in [3.8, 4) is 0 Å². The van der Waals surface area contributed by atoms with Gasteiger partial charge >= 0.3 is 11.9 Å². The third-order valence-corrected chi connectivity index (χ3v) is 1.29. The molecule has 0 aliphatic rings. The molecule has 0 heterocycles. The Balaban J connectivity index is 4.60. The highest BCUT2D eigenvalue weighted by Crippen LogP contribution is 2.06. The van der Waals surface area contributed by atoms with Gasteiger partial charge < -0.3 is 20.4 Å². The monoisotopic (exact) mass is 190 g/mol. The largest absolute Gasteiger partial charge is 0.478 e. The average Bonchev–Trinajstić information content (AvgIpc) is 1.99. The third kappa shape index (κ3) is 4.24. The quantitative estimate of drug-likeness (QED) is 0.406. The number of hydrogen-bond acceptors (Lipinski definition) is 4. The Morgan fingerprint density at radius 1 is 1.31 bits per heavy atom. The number of carboxylic acid groups (broad SMARTS) is 2. The Hall–Kier alpha value is -1.40. The first-order chi connectivity index (χ1) is 5.99. The molecule has 0 rings (SSSR count). The van der Waals surface area contributed by atoms with E-state index < -0.39 is 30.2 Å². The number of carbonyl (C=O) groups is 2. The van der Waals surface area contributed by atoms with Gasteiger partial charge in [-0.05, 0) is 0 Å². The van der Waals surface area contributed by atoms with Gasteiger partial charge in [0.25, 0.3) is 0 Å². The summed E-state index contributed by atoms with van der Waals surface area (Å²) < 4.78 is 0. The maximum absolute atomic E-state index is 10.4. The van der Waals surface area contributed by atoms with Gasteiger partial charge in [-0.3, -0.25) is 0 Å². The van der Waals surface area contributed by atoms with Crippen molar-refractivity contribution in [3.63, 3.8) is 0 Å². The van der Waals surface area contributed by atoms with Crippen molar-refractivity contribution in [3.05, 3.63) is 11.6 Å². The van der Waals surface area contributed by atoms with Crippen LogP contribution < -0.4 is 0 Å². The van der Waals surface area contributed by atoms with Gasteiger partial charge in [-0.2, -0.15) is 0 Å². The molecule has 13 heavy (non-hydrogen) atoms. The molecule has 0 fully saturated rings. The molecule has 0 radical (unpaired) electrons. The minimum Gasteiger partial charge on any atom is -0.478 e. The van der Waals surface area contributed by atoms with Crippen LogP contribution in [-0.4, -0.2) is 45.1 Å². The van der Waals surface area contributed by atoms with Crippen molar-refractivity contribution in [1.82, 2.24) is 0 Å². The molecule has 0 amide bonds. The summed E-state index contributed by atoms with van der Waals surface area (Å²) in [5, 5.41) is 34.1. The standard InChI is InChI=1S/C7H10O6/c8-2-1-5(9)4(7(12)13)3-6(10)11/h3,5,8-9H,1-2H2,(H,10,11)(H,12,13)/b4-3+. The van der Waals surface area contributed by atoms with Crippen LogP contribution in [0.3, 0.4) is 0 Å². The molecular weight excluding hydrogens is 180 g/mol. The summed E-state index contributed by atoms with van der Waals surface area (Å²) in [6, 6.07) is 0. The van der Waals surface area contributed by atoms with Crippen molar-refractivity contribution >= 4 is 11.9 Å². The zero-order chi connectivity index (χ0) is 10.4. The molecular formula is C7H10O6. The molecule has 0 aromatic rings. The van der Waals surface area contributed by atoms with Gasteiger partial charge in [0, 0.05) is 19.1 Å². The third-order valence-electron chi connectivity index (χ3n) is 1.29. The topological polar surface area (TPSA) is 115 Å². The molecule has 1 unspecified atom stereocenters. The first kappa shape index (κ1) is 11.6. The highest BCUT2D eigenvalue weighted by Gasteiger charge is 2.18. The molecule has 6 nitrogen and oxygen atoms in total. The van der Waals surface area contributed by atoms with E-state index >= 15 is 0 Å². The van der Waals surface area contributed by atoms with Crippen LogP contribution in [0.4, 0.5) is 0 Å². The van der Waals surface area contributed by atoms with Crippen molar-refractivity contribution in [1.29, 1.82) is 0 Å². The summed E-state index contributed by atoms with van der Waals surface area (Å²) in [5.41, 5.74) is -0.637. The summed E-state index contributed by atoms with van der Waals surface area (Å²) in [5.74, 6) is -2.96. The number of hydrogen-bond donors (Lipinski definition) is 4. The molecule has 6 heteroatoms. The number of aliphatic hydroxyl groups is 2. The minimum absolute atomic E-state index is 0.203. The van der Waals surface area contributed by atoms with Gasteiger partial charge in [0.2, 0.25) is 0 Å². The summed E-state index contributed by atoms with van der Waals surface area (Å²) in [6.07, 6.45) is -1.26. The van der Waals surface area contributed by atoms with Crippen LogP contribution in [0, 0.1) is 0 Å². The Bertz CT molecular complexity index is 231. The lowest BCUT2D eigenvalue weighted by Gasteiger charge is -2.08. The Morgan fingerprint density at radius 3 is 2.15 bits per heavy atom. The van der Waals surface area contributed by atoms with Crippen molar-refractivity contribution in [2.75, 3.05) is 6.61 Å². The number of rotatable bonds is 5. The lowest BCUT2D eigenvalue weighted by atomic mass is 10.1. The predicted octanol–water partition coefficient (Wildman–Crippen LogP) is -1.17. The zero-order valence-electron chi connectivity index (χ0n) is 6.67. The van der Waals surface area contributed by atoms with E-state index in [1.807, 2.05) is 0 Å². The smallest absolute Gasteiger partial charge is 0.334 e.